The number of nitrogens with zero attached hydrogens (tertiary/aromatic N) is 4. The highest BCUT2D eigenvalue weighted by atomic mass is 35.5. The van der Waals surface area contributed by atoms with Gasteiger partial charge >= 0.3 is 0 Å². The molecule has 1 aliphatic heterocycles. The molecule has 1 aliphatic rings. The molecule has 0 saturated carbocycles. The normalized spacial score (nSPS) is 16.7. The van der Waals surface area contributed by atoms with E-state index in [1.165, 1.54) is 10.9 Å². The van der Waals surface area contributed by atoms with Gasteiger partial charge in [-0.05, 0) is 6.07 Å². The van der Waals surface area contributed by atoms with Crippen molar-refractivity contribution in [2.45, 2.75) is 12.6 Å². The first-order valence-corrected chi connectivity index (χ1v) is 7.93. The van der Waals surface area contributed by atoms with E-state index in [9.17, 15) is 9.59 Å². The van der Waals surface area contributed by atoms with Gasteiger partial charge in [0.15, 0.2) is 5.69 Å². The highest BCUT2D eigenvalue weighted by Crippen LogP contribution is 2.30. The summed E-state index contributed by atoms with van der Waals surface area (Å²) in [5.74, 6) is -0.0579. The van der Waals surface area contributed by atoms with E-state index in [2.05, 4.69) is 15.6 Å². The molecule has 1 aromatic heterocycles. The number of para-hydroxylation sites is 1. The van der Waals surface area contributed by atoms with Crippen LogP contribution in [0.3, 0.4) is 0 Å². The molecule has 0 spiro atoms. The van der Waals surface area contributed by atoms with E-state index in [-0.39, 0.29) is 36.6 Å². The molecule has 0 bridgehead atoms. The Labute approximate surface area is 156 Å². The molecule has 2 heterocycles. The molecule has 0 aliphatic carbocycles. The average Bonchev–Trinajstić information content (AvgIpc) is 3.08. The number of hydrogen-bond donors (Lipinski definition) is 2. The summed E-state index contributed by atoms with van der Waals surface area (Å²) in [6.45, 7) is 1.72. The monoisotopic (exact) mass is 380 g/mol. The third-order valence-electron chi connectivity index (χ3n) is 4.08. The van der Waals surface area contributed by atoms with Crippen LogP contribution in [0.2, 0.25) is 0 Å². The molecule has 1 aromatic carbocycles. The van der Waals surface area contributed by atoms with Crippen LogP contribution >= 0.6 is 12.4 Å². The second-order valence-corrected chi connectivity index (χ2v) is 5.73. The third kappa shape index (κ3) is 4.12. The Kier molecular flexibility index (Phi) is 6.53. The van der Waals surface area contributed by atoms with Crippen molar-refractivity contribution in [2.24, 2.45) is 5.73 Å². The van der Waals surface area contributed by atoms with Crippen LogP contribution in [-0.4, -0.2) is 58.5 Å². The molecule has 1 atom stereocenters. The number of carbonyl (C=O) groups excluding carboxylic acids is 2. The van der Waals surface area contributed by atoms with Crippen LogP contribution in [0.4, 0.5) is 0 Å². The predicted molar refractivity (Wildman–Crippen MR) is 96.1 cm³/mol. The summed E-state index contributed by atoms with van der Waals surface area (Å²) >= 11 is 0. The fourth-order valence-corrected chi connectivity index (χ4v) is 2.95. The Morgan fingerprint density at radius 2 is 2.15 bits per heavy atom. The van der Waals surface area contributed by atoms with Crippen LogP contribution in [0.25, 0.3) is 0 Å². The van der Waals surface area contributed by atoms with E-state index in [4.69, 9.17) is 10.5 Å². The average molecular weight is 381 g/mol. The third-order valence-corrected chi connectivity index (χ3v) is 4.08. The maximum atomic E-state index is 12.9. The summed E-state index contributed by atoms with van der Waals surface area (Å²) in [4.78, 5) is 25.6. The quantitative estimate of drug-likeness (QED) is 0.753. The van der Waals surface area contributed by atoms with Crippen molar-refractivity contribution >= 4 is 24.2 Å². The number of amides is 2. The lowest BCUT2D eigenvalue weighted by atomic mass is 10.0. The number of benzene rings is 1. The molecule has 1 fully saturated rings. The van der Waals surface area contributed by atoms with Crippen molar-refractivity contribution < 1.29 is 14.3 Å². The van der Waals surface area contributed by atoms with E-state index in [0.29, 0.717) is 19.6 Å². The first kappa shape index (κ1) is 19.7. The van der Waals surface area contributed by atoms with Crippen molar-refractivity contribution in [1.29, 1.82) is 0 Å². The molecule has 1 saturated heterocycles. The summed E-state index contributed by atoms with van der Waals surface area (Å²) in [5, 5.41) is 11.0. The van der Waals surface area contributed by atoms with Gasteiger partial charge in [-0.1, -0.05) is 23.4 Å². The number of hydrogen-bond acceptors (Lipinski definition) is 6. The molecule has 140 valence electrons. The summed E-state index contributed by atoms with van der Waals surface area (Å²) in [6.07, 6.45) is 1.44. The molecule has 2 amide bonds. The summed E-state index contributed by atoms with van der Waals surface area (Å²) in [6, 6.07) is 7.44. The van der Waals surface area contributed by atoms with Crippen LogP contribution in [-0.2, 0) is 11.3 Å². The summed E-state index contributed by atoms with van der Waals surface area (Å²) in [5.41, 5.74) is 6.25. The fraction of sp³-hybridized carbons (Fsp3) is 0.375. The van der Waals surface area contributed by atoms with Crippen molar-refractivity contribution in [3.8, 4) is 5.75 Å². The van der Waals surface area contributed by atoms with Gasteiger partial charge in [-0.3, -0.25) is 9.59 Å². The SMILES string of the molecule is COc1ccccc1C1CNCCN1C(=O)c1cn(CC(N)=O)nn1.Cl. The minimum Gasteiger partial charge on any atom is -0.496 e. The number of nitrogens with two attached hydrogens (primary N) is 1. The maximum absolute atomic E-state index is 12.9. The lowest BCUT2D eigenvalue weighted by Crippen LogP contribution is -2.48. The van der Waals surface area contributed by atoms with E-state index >= 15 is 0 Å². The molecule has 3 rings (SSSR count). The van der Waals surface area contributed by atoms with E-state index in [0.717, 1.165) is 11.3 Å². The number of rotatable bonds is 5. The van der Waals surface area contributed by atoms with Crippen molar-refractivity contribution in [3.05, 3.63) is 41.7 Å². The zero-order valence-corrected chi connectivity index (χ0v) is 15.1. The number of ether oxygens (including phenoxy) is 1. The van der Waals surface area contributed by atoms with Crippen molar-refractivity contribution in [3.63, 3.8) is 0 Å². The largest absolute Gasteiger partial charge is 0.496 e. The number of primary amides is 1. The number of piperazine rings is 1. The molecular weight excluding hydrogens is 360 g/mol. The first-order chi connectivity index (χ1) is 12.1. The minimum atomic E-state index is -0.544. The van der Waals surface area contributed by atoms with Gasteiger partial charge in [0, 0.05) is 25.2 Å². The molecule has 10 heteroatoms. The number of halogens is 1. The number of carbonyl (C=O) groups is 2. The van der Waals surface area contributed by atoms with Crippen LogP contribution in [0, 0.1) is 0 Å². The highest BCUT2D eigenvalue weighted by Gasteiger charge is 2.31. The Hall–Kier alpha value is -2.65. The predicted octanol–water partition coefficient (Wildman–Crippen LogP) is -0.0195. The van der Waals surface area contributed by atoms with E-state index in [1.807, 2.05) is 24.3 Å². The van der Waals surface area contributed by atoms with Gasteiger partial charge in [-0.15, -0.1) is 17.5 Å². The van der Waals surface area contributed by atoms with Crippen LogP contribution < -0.4 is 15.8 Å². The Balaban J connectivity index is 0.00000243. The van der Waals surface area contributed by atoms with Gasteiger partial charge in [0.2, 0.25) is 5.91 Å². The van der Waals surface area contributed by atoms with Crippen LogP contribution in [0.1, 0.15) is 22.1 Å². The maximum Gasteiger partial charge on any atom is 0.276 e. The molecular formula is C16H21ClN6O3. The Morgan fingerprint density at radius 3 is 2.88 bits per heavy atom. The molecule has 3 N–H and O–H groups in total. The second kappa shape index (κ2) is 8.63. The summed E-state index contributed by atoms with van der Waals surface area (Å²) < 4.78 is 6.69. The molecule has 2 aromatic rings. The van der Waals surface area contributed by atoms with Gasteiger partial charge in [-0.25, -0.2) is 4.68 Å². The highest BCUT2D eigenvalue weighted by molar-refractivity contribution is 5.92. The molecule has 26 heavy (non-hydrogen) atoms. The molecule has 9 nitrogen and oxygen atoms in total. The van der Waals surface area contributed by atoms with E-state index < -0.39 is 5.91 Å². The number of aromatic nitrogens is 3. The van der Waals surface area contributed by atoms with Gasteiger partial charge in [0.05, 0.1) is 19.3 Å². The Bertz CT molecular complexity index is 781. The molecule has 1 unspecified atom stereocenters. The van der Waals surface area contributed by atoms with Gasteiger partial charge < -0.3 is 20.7 Å². The van der Waals surface area contributed by atoms with E-state index in [1.54, 1.807) is 12.0 Å². The fourth-order valence-electron chi connectivity index (χ4n) is 2.95. The number of nitrogens with one attached hydrogen (secondary N) is 1. The number of methoxy groups -OCH3 is 1. The zero-order chi connectivity index (χ0) is 17.8. The van der Waals surface area contributed by atoms with Crippen LogP contribution in [0.15, 0.2) is 30.5 Å². The van der Waals surface area contributed by atoms with Crippen LogP contribution in [0.5, 0.6) is 5.75 Å². The van der Waals surface area contributed by atoms with Crippen molar-refractivity contribution in [1.82, 2.24) is 25.2 Å². The molecule has 0 radical (unpaired) electrons. The topological polar surface area (TPSA) is 115 Å². The summed E-state index contributed by atoms with van der Waals surface area (Å²) in [7, 11) is 1.61. The van der Waals surface area contributed by atoms with Crippen molar-refractivity contribution in [2.75, 3.05) is 26.7 Å². The van der Waals surface area contributed by atoms with Gasteiger partial charge in [0.1, 0.15) is 12.3 Å². The lowest BCUT2D eigenvalue weighted by Gasteiger charge is -2.36. The lowest BCUT2D eigenvalue weighted by molar-refractivity contribution is -0.118. The first-order valence-electron chi connectivity index (χ1n) is 7.93. The second-order valence-electron chi connectivity index (χ2n) is 5.73. The van der Waals surface area contributed by atoms with Gasteiger partial charge in [0.25, 0.3) is 5.91 Å². The van der Waals surface area contributed by atoms with Gasteiger partial charge in [-0.2, -0.15) is 0 Å². The smallest absolute Gasteiger partial charge is 0.276 e. The Morgan fingerprint density at radius 1 is 1.38 bits per heavy atom. The standard InChI is InChI=1S/C16H20N6O3.ClH/c1-25-14-5-3-2-4-11(14)13-8-18-6-7-22(13)16(24)12-9-21(20-19-12)10-15(17)23;/h2-5,9,13,18H,6-8,10H2,1H3,(H2,17,23);1H. The zero-order valence-electron chi connectivity index (χ0n) is 14.3. The minimum absolute atomic E-state index is 0.